The van der Waals surface area contributed by atoms with Crippen molar-refractivity contribution >= 4 is 5.96 Å². The van der Waals surface area contributed by atoms with Crippen LogP contribution in [0.25, 0.3) is 0 Å². The number of hydrogen-bond donors (Lipinski definition) is 2. The van der Waals surface area contributed by atoms with E-state index in [1.54, 1.807) is 13.3 Å². The lowest BCUT2D eigenvalue weighted by atomic mass is 10.3. The van der Waals surface area contributed by atoms with E-state index in [-0.39, 0.29) is 0 Å². The molecule has 0 aromatic carbocycles. The largest absolute Gasteiger partial charge is 0.478 e. The van der Waals surface area contributed by atoms with Crippen LogP contribution in [0, 0.1) is 0 Å². The molecular weight excluding hydrogens is 308 g/mol. The van der Waals surface area contributed by atoms with Gasteiger partial charge in [-0.1, -0.05) is 0 Å². The molecular formula is C17H30N4O3. The fraction of sp³-hybridized carbons (Fsp3) is 0.647. The molecule has 0 saturated carbocycles. The van der Waals surface area contributed by atoms with E-state index in [9.17, 15) is 0 Å². The molecule has 0 fully saturated rings. The Balaban J connectivity index is 2.37. The third kappa shape index (κ3) is 9.32. The van der Waals surface area contributed by atoms with Crippen LogP contribution in [0.5, 0.6) is 5.88 Å². The molecule has 1 aromatic heterocycles. The summed E-state index contributed by atoms with van der Waals surface area (Å²) in [6.07, 6.45) is 2.66. The summed E-state index contributed by atoms with van der Waals surface area (Å²) in [7, 11) is 1.67. The number of aliphatic imine (C=N–C) groups is 1. The zero-order chi connectivity index (χ0) is 17.5. The molecule has 1 heterocycles. The third-order valence-electron chi connectivity index (χ3n) is 3.05. The normalized spacial score (nSPS) is 11.4. The summed E-state index contributed by atoms with van der Waals surface area (Å²) in [5.74, 6) is 1.43. The van der Waals surface area contributed by atoms with E-state index >= 15 is 0 Å². The summed E-state index contributed by atoms with van der Waals surface area (Å²) in [6.45, 7) is 8.76. The van der Waals surface area contributed by atoms with Gasteiger partial charge in [-0.2, -0.15) is 0 Å². The molecule has 136 valence electrons. The molecule has 7 heteroatoms. The highest BCUT2D eigenvalue weighted by atomic mass is 16.5. The van der Waals surface area contributed by atoms with Gasteiger partial charge in [-0.05, 0) is 31.9 Å². The van der Waals surface area contributed by atoms with E-state index in [4.69, 9.17) is 14.2 Å². The molecule has 0 unspecified atom stereocenters. The highest BCUT2D eigenvalue weighted by molar-refractivity contribution is 5.79. The molecule has 0 aliphatic heterocycles. The number of hydrogen-bond acceptors (Lipinski definition) is 5. The summed E-state index contributed by atoms with van der Waals surface area (Å²) in [5.41, 5.74) is 1.06. The molecule has 0 aliphatic rings. The van der Waals surface area contributed by atoms with Gasteiger partial charge in [-0.15, -0.1) is 0 Å². The van der Waals surface area contributed by atoms with Gasteiger partial charge in [0, 0.05) is 39.1 Å². The lowest BCUT2D eigenvalue weighted by Gasteiger charge is -2.11. The molecule has 0 radical (unpaired) electrons. The second-order valence-corrected chi connectivity index (χ2v) is 5.02. The minimum absolute atomic E-state index is 0.572. The van der Waals surface area contributed by atoms with E-state index in [0.717, 1.165) is 31.0 Å². The Morgan fingerprint density at radius 1 is 1.21 bits per heavy atom. The van der Waals surface area contributed by atoms with Crippen LogP contribution < -0.4 is 15.4 Å². The van der Waals surface area contributed by atoms with Gasteiger partial charge in [-0.25, -0.2) is 9.98 Å². The first-order valence-corrected chi connectivity index (χ1v) is 8.46. The summed E-state index contributed by atoms with van der Waals surface area (Å²) >= 11 is 0. The van der Waals surface area contributed by atoms with Gasteiger partial charge < -0.3 is 24.8 Å². The van der Waals surface area contributed by atoms with Crippen LogP contribution >= 0.6 is 0 Å². The summed E-state index contributed by atoms with van der Waals surface area (Å²) < 4.78 is 15.8. The maximum Gasteiger partial charge on any atom is 0.213 e. The average molecular weight is 338 g/mol. The summed E-state index contributed by atoms with van der Waals surface area (Å²) in [5, 5.41) is 6.54. The smallest absolute Gasteiger partial charge is 0.213 e. The predicted molar refractivity (Wildman–Crippen MR) is 95.5 cm³/mol. The van der Waals surface area contributed by atoms with Crippen LogP contribution in [0.3, 0.4) is 0 Å². The standard InChI is InChI=1S/C17H30N4O3/c1-4-18-17(20-8-6-10-23-12-11-22-3)21-14-15-7-9-19-16(13-15)24-5-2/h7,9,13H,4-6,8,10-12,14H2,1-3H3,(H2,18,20,21). The fourth-order valence-electron chi connectivity index (χ4n) is 1.91. The Bertz CT molecular complexity index is 469. The van der Waals surface area contributed by atoms with Crippen molar-refractivity contribution in [1.82, 2.24) is 15.6 Å². The Morgan fingerprint density at radius 2 is 2.08 bits per heavy atom. The first kappa shape index (κ1) is 20.2. The maximum atomic E-state index is 5.44. The topological polar surface area (TPSA) is 77.0 Å². The van der Waals surface area contributed by atoms with Gasteiger partial charge in [0.25, 0.3) is 0 Å². The van der Waals surface area contributed by atoms with E-state index < -0.39 is 0 Å². The molecule has 0 amide bonds. The number of pyridine rings is 1. The van der Waals surface area contributed by atoms with Crippen LogP contribution in [-0.4, -0.2) is 57.6 Å². The number of guanidine groups is 1. The Kier molecular flexibility index (Phi) is 11.4. The lowest BCUT2D eigenvalue weighted by molar-refractivity contribution is 0.0698. The molecule has 1 rings (SSSR count). The second kappa shape index (κ2) is 13.6. The molecule has 0 spiro atoms. The highest BCUT2D eigenvalue weighted by Crippen LogP contribution is 2.10. The number of nitrogens with one attached hydrogen (secondary N) is 2. The SMILES string of the molecule is CCNC(=NCc1ccnc(OCC)c1)NCCCOCCOC. The van der Waals surface area contributed by atoms with Crippen molar-refractivity contribution in [3.05, 3.63) is 23.9 Å². The van der Waals surface area contributed by atoms with Crippen LogP contribution in [0.15, 0.2) is 23.3 Å². The lowest BCUT2D eigenvalue weighted by Crippen LogP contribution is -2.38. The molecule has 0 aliphatic carbocycles. The molecule has 0 saturated heterocycles. The number of nitrogens with zero attached hydrogens (tertiary/aromatic N) is 2. The van der Waals surface area contributed by atoms with E-state index in [0.29, 0.717) is 38.9 Å². The molecule has 0 bridgehead atoms. The van der Waals surface area contributed by atoms with Gasteiger partial charge in [-0.3, -0.25) is 0 Å². The zero-order valence-electron chi connectivity index (χ0n) is 15.0. The molecule has 1 aromatic rings. The monoisotopic (exact) mass is 338 g/mol. The Morgan fingerprint density at radius 3 is 2.83 bits per heavy atom. The van der Waals surface area contributed by atoms with Gasteiger partial charge in [0.1, 0.15) is 0 Å². The van der Waals surface area contributed by atoms with Crippen LogP contribution in [0.2, 0.25) is 0 Å². The summed E-state index contributed by atoms with van der Waals surface area (Å²) in [4.78, 5) is 8.74. The van der Waals surface area contributed by atoms with Crippen molar-refractivity contribution in [3.63, 3.8) is 0 Å². The van der Waals surface area contributed by atoms with Crippen molar-refractivity contribution < 1.29 is 14.2 Å². The average Bonchev–Trinajstić information content (AvgIpc) is 2.59. The number of ether oxygens (including phenoxy) is 3. The van der Waals surface area contributed by atoms with Gasteiger partial charge in [0.2, 0.25) is 5.88 Å². The van der Waals surface area contributed by atoms with Gasteiger partial charge >= 0.3 is 0 Å². The van der Waals surface area contributed by atoms with Gasteiger partial charge in [0.15, 0.2) is 5.96 Å². The Hall–Kier alpha value is -1.86. The Labute approximate surface area is 144 Å². The van der Waals surface area contributed by atoms with Crippen molar-refractivity contribution in [1.29, 1.82) is 0 Å². The minimum Gasteiger partial charge on any atom is -0.478 e. The molecule has 24 heavy (non-hydrogen) atoms. The third-order valence-corrected chi connectivity index (χ3v) is 3.05. The van der Waals surface area contributed by atoms with Crippen molar-refractivity contribution in [3.8, 4) is 5.88 Å². The van der Waals surface area contributed by atoms with E-state index in [2.05, 4.69) is 20.6 Å². The quantitative estimate of drug-likeness (QED) is 0.342. The van der Waals surface area contributed by atoms with E-state index in [1.165, 1.54) is 0 Å². The van der Waals surface area contributed by atoms with Crippen LogP contribution in [0.4, 0.5) is 0 Å². The van der Waals surface area contributed by atoms with Crippen molar-refractivity contribution in [2.45, 2.75) is 26.8 Å². The number of aromatic nitrogens is 1. The van der Waals surface area contributed by atoms with E-state index in [1.807, 2.05) is 26.0 Å². The highest BCUT2D eigenvalue weighted by Gasteiger charge is 2.00. The first-order valence-electron chi connectivity index (χ1n) is 8.46. The molecule has 2 N–H and O–H groups in total. The zero-order valence-corrected chi connectivity index (χ0v) is 15.0. The van der Waals surface area contributed by atoms with Gasteiger partial charge in [0.05, 0.1) is 26.4 Å². The second-order valence-electron chi connectivity index (χ2n) is 5.02. The number of rotatable bonds is 12. The van der Waals surface area contributed by atoms with Crippen LogP contribution in [0.1, 0.15) is 25.8 Å². The first-order chi connectivity index (χ1) is 11.8. The number of methoxy groups -OCH3 is 1. The van der Waals surface area contributed by atoms with Crippen molar-refractivity contribution in [2.24, 2.45) is 4.99 Å². The van der Waals surface area contributed by atoms with Crippen molar-refractivity contribution in [2.75, 3.05) is 46.6 Å². The molecule has 7 nitrogen and oxygen atoms in total. The minimum atomic E-state index is 0.572. The van der Waals surface area contributed by atoms with Crippen LogP contribution in [-0.2, 0) is 16.0 Å². The summed E-state index contributed by atoms with van der Waals surface area (Å²) in [6, 6.07) is 3.86. The fourth-order valence-corrected chi connectivity index (χ4v) is 1.91. The predicted octanol–water partition coefficient (Wildman–Crippen LogP) is 1.59. The maximum absolute atomic E-state index is 5.44. The molecule has 0 atom stereocenters.